The van der Waals surface area contributed by atoms with Gasteiger partial charge in [-0.05, 0) is 66.0 Å². The van der Waals surface area contributed by atoms with Crippen molar-refractivity contribution in [3.05, 3.63) is 51.1 Å². The minimum absolute atomic E-state index is 0.415. The molecule has 0 fully saturated rings. The Hall–Kier alpha value is -1.39. The van der Waals surface area contributed by atoms with Gasteiger partial charge in [0, 0.05) is 17.8 Å². The van der Waals surface area contributed by atoms with Crippen LogP contribution in [0, 0.1) is 20.8 Å². The van der Waals surface area contributed by atoms with E-state index in [0.29, 0.717) is 12.4 Å². The molecule has 0 unspecified atom stereocenters. The summed E-state index contributed by atoms with van der Waals surface area (Å²) in [5, 5.41) is 0. The molecule has 0 aliphatic rings. The Balaban J connectivity index is 2.42. The van der Waals surface area contributed by atoms with Crippen molar-refractivity contribution in [2.45, 2.75) is 27.3 Å². The first kappa shape index (κ1) is 14.0. The van der Waals surface area contributed by atoms with Crippen LogP contribution in [0.4, 0.5) is 0 Å². The van der Waals surface area contributed by atoms with Gasteiger partial charge in [0.05, 0.1) is 4.47 Å². The molecular weight excluding hydrogens is 304 g/mol. The minimum atomic E-state index is 0.415. The lowest BCUT2D eigenvalue weighted by Crippen LogP contribution is -2.05. The molecule has 1 aromatic carbocycles. The van der Waals surface area contributed by atoms with Crippen molar-refractivity contribution in [1.29, 1.82) is 0 Å². The lowest BCUT2D eigenvalue weighted by molar-refractivity contribution is 0.451. The highest BCUT2D eigenvalue weighted by molar-refractivity contribution is 9.10. The van der Waals surface area contributed by atoms with Crippen LogP contribution in [0.1, 0.15) is 22.4 Å². The summed E-state index contributed by atoms with van der Waals surface area (Å²) in [4.78, 5) is 4.44. The molecule has 1 heterocycles. The number of halogens is 1. The molecule has 0 amide bonds. The molecule has 2 N–H and O–H groups in total. The number of hydrogen-bond donors (Lipinski definition) is 1. The molecule has 3 nitrogen and oxygen atoms in total. The van der Waals surface area contributed by atoms with E-state index in [1.54, 1.807) is 0 Å². The van der Waals surface area contributed by atoms with Gasteiger partial charge in [-0.3, -0.25) is 0 Å². The fourth-order valence-electron chi connectivity index (χ4n) is 1.95. The smallest absolute Gasteiger partial charge is 0.224 e. The second-order valence-corrected chi connectivity index (χ2v) is 5.46. The quantitative estimate of drug-likeness (QED) is 0.929. The SMILES string of the molecule is Cc1ccc(Oc2nc(C)cc(C)c2CN)c(Br)c1. The molecule has 1 aromatic heterocycles. The Kier molecular flexibility index (Phi) is 4.22. The standard InChI is InChI=1S/C15H17BrN2O/c1-9-4-5-14(13(16)6-9)19-15-12(8-17)10(2)7-11(3)18-15/h4-7H,8,17H2,1-3H3. The fourth-order valence-corrected chi connectivity index (χ4v) is 2.53. The van der Waals surface area contributed by atoms with Crippen LogP contribution in [-0.2, 0) is 6.54 Å². The summed E-state index contributed by atoms with van der Waals surface area (Å²) in [6.45, 7) is 6.42. The Morgan fingerprint density at radius 2 is 1.95 bits per heavy atom. The van der Waals surface area contributed by atoms with Gasteiger partial charge in [0.15, 0.2) is 0 Å². The third-order valence-corrected chi connectivity index (χ3v) is 3.56. The van der Waals surface area contributed by atoms with Gasteiger partial charge in [0.2, 0.25) is 5.88 Å². The second kappa shape index (κ2) is 5.72. The van der Waals surface area contributed by atoms with Gasteiger partial charge in [-0.2, -0.15) is 0 Å². The normalized spacial score (nSPS) is 10.6. The van der Waals surface area contributed by atoms with Crippen molar-refractivity contribution in [3.8, 4) is 11.6 Å². The lowest BCUT2D eigenvalue weighted by atomic mass is 10.1. The first-order valence-electron chi connectivity index (χ1n) is 6.12. The number of nitrogens with zero attached hydrogens (tertiary/aromatic N) is 1. The maximum atomic E-state index is 5.91. The first-order valence-corrected chi connectivity index (χ1v) is 6.91. The maximum absolute atomic E-state index is 5.91. The summed E-state index contributed by atoms with van der Waals surface area (Å²) in [5.41, 5.74) is 9.93. The number of pyridine rings is 1. The zero-order chi connectivity index (χ0) is 14.0. The molecule has 0 spiro atoms. The van der Waals surface area contributed by atoms with Crippen LogP contribution in [0.3, 0.4) is 0 Å². The number of rotatable bonds is 3. The highest BCUT2D eigenvalue weighted by Gasteiger charge is 2.11. The van der Waals surface area contributed by atoms with Crippen LogP contribution in [0.2, 0.25) is 0 Å². The van der Waals surface area contributed by atoms with E-state index in [9.17, 15) is 0 Å². The van der Waals surface area contributed by atoms with E-state index in [4.69, 9.17) is 10.5 Å². The Labute approximate surface area is 121 Å². The molecular formula is C15H17BrN2O. The van der Waals surface area contributed by atoms with Crippen LogP contribution in [-0.4, -0.2) is 4.98 Å². The molecule has 19 heavy (non-hydrogen) atoms. The van der Waals surface area contributed by atoms with Crippen molar-refractivity contribution in [2.75, 3.05) is 0 Å². The highest BCUT2D eigenvalue weighted by Crippen LogP contribution is 2.32. The van der Waals surface area contributed by atoms with Crippen molar-refractivity contribution >= 4 is 15.9 Å². The Morgan fingerprint density at radius 1 is 1.21 bits per heavy atom. The van der Waals surface area contributed by atoms with Crippen LogP contribution in [0.15, 0.2) is 28.7 Å². The number of hydrogen-bond acceptors (Lipinski definition) is 3. The fraction of sp³-hybridized carbons (Fsp3) is 0.267. The molecule has 100 valence electrons. The van der Waals surface area contributed by atoms with Crippen LogP contribution < -0.4 is 10.5 Å². The summed E-state index contributed by atoms with van der Waals surface area (Å²) < 4.78 is 6.82. The number of aromatic nitrogens is 1. The molecule has 0 saturated carbocycles. The molecule has 2 aromatic rings. The van der Waals surface area contributed by atoms with E-state index in [1.807, 2.05) is 45.0 Å². The third-order valence-electron chi connectivity index (χ3n) is 2.94. The minimum Gasteiger partial charge on any atom is -0.437 e. The monoisotopic (exact) mass is 320 g/mol. The van der Waals surface area contributed by atoms with Gasteiger partial charge >= 0.3 is 0 Å². The van der Waals surface area contributed by atoms with E-state index in [1.165, 1.54) is 5.56 Å². The number of ether oxygens (including phenoxy) is 1. The third kappa shape index (κ3) is 3.14. The van der Waals surface area contributed by atoms with Crippen molar-refractivity contribution in [1.82, 2.24) is 4.98 Å². The predicted octanol–water partition coefficient (Wildman–Crippen LogP) is 4.02. The number of benzene rings is 1. The van der Waals surface area contributed by atoms with E-state index < -0.39 is 0 Å². The van der Waals surface area contributed by atoms with E-state index >= 15 is 0 Å². The molecule has 0 saturated heterocycles. The van der Waals surface area contributed by atoms with E-state index in [-0.39, 0.29) is 0 Å². The van der Waals surface area contributed by atoms with Crippen LogP contribution in [0.5, 0.6) is 11.6 Å². The van der Waals surface area contributed by atoms with Gasteiger partial charge in [-0.25, -0.2) is 4.98 Å². The molecule has 0 atom stereocenters. The summed E-state index contributed by atoms with van der Waals surface area (Å²) in [7, 11) is 0. The summed E-state index contributed by atoms with van der Waals surface area (Å²) in [6.07, 6.45) is 0. The van der Waals surface area contributed by atoms with Crippen molar-refractivity contribution in [3.63, 3.8) is 0 Å². The second-order valence-electron chi connectivity index (χ2n) is 4.60. The molecule has 0 aliphatic carbocycles. The maximum Gasteiger partial charge on any atom is 0.224 e. The van der Waals surface area contributed by atoms with E-state index in [0.717, 1.165) is 27.0 Å². The number of aryl methyl sites for hydroxylation is 3. The largest absolute Gasteiger partial charge is 0.437 e. The molecule has 0 bridgehead atoms. The van der Waals surface area contributed by atoms with E-state index in [2.05, 4.69) is 20.9 Å². The Bertz CT molecular complexity index is 611. The van der Waals surface area contributed by atoms with Crippen molar-refractivity contribution in [2.24, 2.45) is 5.73 Å². The molecule has 0 radical (unpaired) electrons. The average Bonchev–Trinajstić information content (AvgIpc) is 2.32. The average molecular weight is 321 g/mol. The topological polar surface area (TPSA) is 48.1 Å². The van der Waals surface area contributed by atoms with Gasteiger partial charge in [-0.15, -0.1) is 0 Å². The van der Waals surface area contributed by atoms with Crippen LogP contribution >= 0.6 is 15.9 Å². The van der Waals surface area contributed by atoms with Gasteiger partial charge in [-0.1, -0.05) is 6.07 Å². The molecule has 2 rings (SSSR count). The summed E-state index contributed by atoms with van der Waals surface area (Å²) >= 11 is 3.50. The number of nitrogens with two attached hydrogens (primary N) is 1. The summed E-state index contributed by atoms with van der Waals surface area (Å²) in [5.74, 6) is 1.34. The van der Waals surface area contributed by atoms with Gasteiger partial charge in [0.25, 0.3) is 0 Å². The highest BCUT2D eigenvalue weighted by atomic mass is 79.9. The van der Waals surface area contributed by atoms with Gasteiger partial charge < -0.3 is 10.5 Å². The van der Waals surface area contributed by atoms with Crippen LogP contribution in [0.25, 0.3) is 0 Å². The predicted molar refractivity (Wildman–Crippen MR) is 80.6 cm³/mol. The zero-order valence-corrected chi connectivity index (χ0v) is 12.9. The first-order chi connectivity index (χ1) is 9.01. The molecule has 4 heteroatoms. The van der Waals surface area contributed by atoms with Gasteiger partial charge in [0.1, 0.15) is 5.75 Å². The summed E-state index contributed by atoms with van der Waals surface area (Å²) in [6, 6.07) is 7.96. The molecule has 0 aliphatic heterocycles. The lowest BCUT2D eigenvalue weighted by Gasteiger charge is -2.13. The van der Waals surface area contributed by atoms with Crippen molar-refractivity contribution < 1.29 is 4.74 Å². The Morgan fingerprint density at radius 3 is 2.58 bits per heavy atom. The zero-order valence-electron chi connectivity index (χ0n) is 11.3.